The number of carboxylic acids is 1. The van der Waals surface area contributed by atoms with Gasteiger partial charge in [-0.2, -0.15) is 0 Å². The van der Waals surface area contributed by atoms with Crippen LogP contribution in [0, 0.1) is 0 Å². The minimum Gasteiger partial charge on any atom is -0.496 e. The first-order valence-corrected chi connectivity index (χ1v) is 8.40. The van der Waals surface area contributed by atoms with E-state index in [1.807, 2.05) is 24.3 Å². The molecule has 134 valence electrons. The summed E-state index contributed by atoms with van der Waals surface area (Å²) in [5, 5.41) is 23.1. The molecule has 2 aromatic rings. The number of urea groups is 1. The quantitative estimate of drug-likeness (QED) is 0.696. The van der Waals surface area contributed by atoms with Crippen molar-refractivity contribution in [1.82, 2.24) is 15.5 Å². The molecule has 0 aliphatic rings. The van der Waals surface area contributed by atoms with Crippen molar-refractivity contribution in [2.75, 3.05) is 12.4 Å². The summed E-state index contributed by atoms with van der Waals surface area (Å²) in [5.41, 5.74) is 0.135. The predicted molar refractivity (Wildman–Crippen MR) is 95.0 cm³/mol. The Balaban J connectivity index is 2.01. The van der Waals surface area contributed by atoms with Gasteiger partial charge in [0.1, 0.15) is 5.75 Å². The highest BCUT2D eigenvalue weighted by Crippen LogP contribution is 2.33. The highest BCUT2D eigenvalue weighted by atomic mass is 32.1. The summed E-state index contributed by atoms with van der Waals surface area (Å²) in [6.45, 7) is 3.52. The number of ether oxygens (including phenoxy) is 1. The number of nitrogens with zero attached hydrogens (tertiary/aromatic N) is 2. The second-order valence-corrected chi connectivity index (χ2v) is 6.95. The average Bonchev–Trinajstić information content (AvgIpc) is 3.00. The van der Waals surface area contributed by atoms with E-state index in [-0.39, 0.29) is 6.42 Å². The summed E-state index contributed by atoms with van der Waals surface area (Å²) >= 11 is 1.22. The van der Waals surface area contributed by atoms with Gasteiger partial charge in [0, 0.05) is 12.0 Å². The molecule has 1 aromatic carbocycles. The van der Waals surface area contributed by atoms with E-state index in [1.54, 1.807) is 21.0 Å². The van der Waals surface area contributed by atoms with E-state index in [2.05, 4.69) is 20.8 Å². The maximum absolute atomic E-state index is 12.1. The second kappa shape index (κ2) is 7.93. The number of hydrogen-bond acceptors (Lipinski definition) is 6. The van der Waals surface area contributed by atoms with Crippen LogP contribution in [-0.4, -0.2) is 40.0 Å². The van der Waals surface area contributed by atoms with Gasteiger partial charge in [-0.3, -0.25) is 10.1 Å². The van der Waals surface area contributed by atoms with E-state index < -0.39 is 17.5 Å². The van der Waals surface area contributed by atoms with E-state index >= 15 is 0 Å². The molecule has 0 aliphatic heterocycles. The molecule has 9 heteroatoms. The van der Waals surface area contributed by atoms with Crippen molar-refractivity contribution < 1.29 is 19.4 Å². The highest BCUT2D eigenvalue weighted by molar-refractivity contribution is 7.18. The largest absolute Gasteiger partial charge is 0.496 e. The zero-order valence-corrected chi connectivity index (χ0v) is 15.0. The number of carboxylic acid groups (broad SMARTS) is 1. The topological polar surface area (TPSA) is 113 Å². The second-order valence-electron chi connectivity index (χ2n) is 5.97. The van der Waals surface area contributed by atoms with Crippen LogP contribution in [0.5, 0.6) is 5.75 Å². The van der Waals surface area contributed by atoms with Gasteiger partial charge >= 0.3 is 12.0 Å². The van der Waals surface area contributed by atoms with Crippen molar-refractivity contribution in [3.63, 3.8) is 0 Å². The fraction of sp³-hybridized carbons (Fsp3) is 0.375. The lowest BCUT2D eigenvalue weighted by Gasteiger charge is -2.25. The predicted octanol–water partition coefficient (Wildman–Crippen LogP) is 2.98. The van der Waals surface area contributed by atoms with Crippen molar-refractivity contribution in [3.8, 4) is 16.3 Å². The number of para-hydroxylation sites is 1. The van der Waals surface area contributed by atoms with Gasteiger partial charge < -0.3 is 15.2 Å². The molecule has 0 spiro atoms. The van der Waals surface area contributed by atoms with Crippen LogP contribution >= 0.6 is 11.3 Å². The summed E-state index contributed by atoms with van der Waals surface area (Å²) in [6, 6.07) is 6.94. The Morgan fingerprint density at radius 1 is 1.28 bits per heavy atom. The molecule has 8 nitrogen and oxygen atoms in total. The molecule has 0 atom stereocenters. The third-order valence-electron chi connectivity index (χ3n) is 3.40. The van der Waals surface area contributed by atoms with Crippen LogP contribution in [0.25, 0.3) is 10.6 Å². The van der Waals surface area contributed by atoms with E-state index in [4.69, 9.17) is 9.84 Å². The average molecular weight is 364 g/mol. The number of rotatable bonds is 7. The van der Waals surface area contributed by atoms with Crippen molar-refractivity contribution >= 4 is 28.5 Å². The number of hydrogen-bond donors (Lipinski definition) is 3. The Bertz CT molecular complexity index is 760. The molecule has 25 heavy (non-hydrogen) atoms. The monoisotopic (exact) mass is 364 g/mol. The molecule has 1 aromatic heterocycles. The van der Waals surface area contributed by atoms with Crippen LogP contribution in [-0.2, 0) is 4.79 Å². The number of aromatic nitrogens is 2. The number of carbonyl (C=O) groups is 2. The normalized spacial score (nSPS) is 11.0. The number of anilines is 1. The van der Waals surface area contributed by atoms with Crippen molar-refractivity contribution in [2.45, 2.75) is 32.2 Å². The van der Waals surface area contributed by atoms with Gasteiger partial charge in [0.25, 0.3) is 0 Å². The van der Waals surface area contributed by atoms with Crippen LogP contribution in [0.3, 0.4) is 0 Å². The Hall–Kier alpha value is -2.68. The van der Waals surface area contributed by atoms with Crippen LogP contribution in [0.1, 0.15) is 26.7 Å². The summed E-state index contributed by atoms with van der Waals surface area (Å²) in [4.78, 5) is 22.7. The lowest BCUT2D eigenvalue weighted by molar-refractivity contribution is -0.137. The van der Waals surface area contributed by atoms with Crippen LogP contribution in [0.2, 0.25) is 0 Å². The Morgan fingerprint density at radius 3 is 2.68 bits per heavy atom. The Labute approximate surface area is 149 Å². The van der Waals surface area contributed by atoms with Crippen molar-refractivity contribution in [3.05, 3.63) is 24.3 Å². The first-order valence-electron chi connectivity index (χ1n) is 7.58. The Kier molecular flexibility index (Phi) is 5.92. The number of amides is 2. The van der Waals surface area contributed by atoms with Gasteiger partial charge in [-0.05, 0) is 32.4 Å². The van der Waals surface area contributed by atoms with Crippen LogP contribution in [0.4, 0.5) is 9.93 Å². The smallest absolute Gasteiger partial charge is 0.321 e. The number of carbonyl (C=O) groups excluding carboxylic acids is 1. The number of benzene rings is 1. The molecule has 2 amide bonds. The van der Waals surface area contributed by atoms with Crippen LogP contribution in [0.15, 0.2) is 24.3 Å². The summed E-state index contributed by atoms with van der Waals surface area (Å²) < 4.78 is 5.29. The highest BCUT2D eigenvalue weighted by Gasteiger charge is 2.22. The third kappa shape index (κ3) is 5.42. The first kappa shape index (κ1) is 18.7. The molecular weight excluding hydrogens is 344 g/mol. The molecule has 0 saturated carbocycles. The fourth-order valence-corrected chi connectivity index (χ4v) is 2.89. The molecule has 2 rings (SSSR count). The van der Waals surface area contributed by atoms with Gasteiger partial charge in [0.15, 0.2) is 5.01 Å². The summed E-state index contributed by atoms with van der Waals surface area (Å²) in [5.74, 6) is -0.231. The molecular formula is C16H20N4O4S. The van der Waals surface area contributed by atoms with Crippen molar-refractivity contribution in [1.29, 1.82) is 0 Å². The first-order chi connectivity index (χ1) is 11.8. The lowest BCUT2D eigenvalue weighted by Crippen LogP contribution is -2.45. The molecule has 1 heterocycles. The molecule has 0 radical (unpaired) electrons. The number of methoxy groups -OCH3 is 1. The minimum atomic E-state index is -0.902. The molecule has 0 bridgehead atoms. The molecule has 0 aliphatic carbocycles. The SMILES string of the molecule is COc1ccccc1-c1nnc(NC(=O)NC(C)(C)CCC(=O)O)s1. The Morgan fingerprint density at radius 2 is 2.00 bits per heavy atom. The molecule has 0 unspecified atom stereocenters. The van der Waals surface area contributed by atoms with Gasteiger partial charge in [-0.15, -0.1) is 10.2 Å². The van der Waals surface area contributed by atoms with Gasteiger partial charge in [-0.25, -0.2) is 4.79 Å². The molecule has 0 saturated heterocycles. The molecule has 0 fully saturated rings. The fourth-order valence-electron chi connectivity index (χ4n) is 2.12. The van der Waals surface area contributed by atoms with E-state index in [0.717, 1.165) is 5.56 Å². The van der Waals surface area contributed by atoms with E-state index in [0.29, 0.717) is 22.3 Å². The summed E-state index contributed by atoms with van der Waals surface area (Å²) in [7, 11) is 1.58. The zero-order valence-electron chi connectivity index (χ0n) is 14.2. The zero-order chi connectivity index (χ0) is 18.4. The maximum Gasteiger partial charge on any atom is 0.321 e. The lowest BCUT2D eigenvalue weighted by atomic mass is 9.99. The molecule has 3 N–H and O–H groups in total. The van der Waals surface area contributed by atoms with Crippen LogP contribution < -0.4 is 15.4 Å². The third-order valence-corrected chi connectivity index (χ3v) is 4.27. The summed E-state index contributed by atoms with van der Waals surface area (Å²) in [6.07, 6.45) is 0.294. The number of nitrogens with one attached hydrogen (secondary N) is 2. The van der Waals surface area contributed by atoms with E-state index in [1.165, 1.54) is 11.3 Å². The van der Waals surface area contributed by atoms with Gasteiger partial charge in [0.2, 0.25) is 5.13 Å². The van der Waals surface area contributed by atoms with Gasteiger partial charge in [-0.1, -0.05) is 23.5 Å². The minimum absolute atomic E-state index is 0.0238. The standard InChI is InChI=1S/C16H20N4O4S/c1-16(2,9-8-12(21)22)18-14(23)17-15-20-19-13(25-15)10-6-4-5-7-11(10)24-3/h4-7H,8-9H2,1-3H3,(H,21,22)(H2,17,18,20,23). The van der Waals surface area contributed by atoms with Gasteiger partial charge in [0.05, 0.1) is 12.7 Å². The van der Waals surface area contributed by atoms with E-state index in [9.17, 15) is 9.59 Å². The number of aliphatic carboxylic acids is 1. The van der Waals surface area contributed by atoms with Crippen molar-refractivity contribution in [2.24, 2.45) is 0 Å². The maximum atomic E-state index is 12.1.